The molecule has 0 fully saturated rings. The first-order valence-corrected chi connectivity index (χ1v) is 7.69. The monoisotopic (exact) mass is 315 g/mol. The lowest BCUT2D eigenvalue weighted by molar-refractivity contribution is 0.314. The zero-order valence-corrected chi connectivity index (χ0v) is 12.7. The van der Waals surface area contributed by atoms with Gasteiger partial charge in [-0.1, -0.05) is 29.3 Å². The van der Waals surface area contributed by atoms with Crippen LogP contribution >= 0.6 is 34.5 Å². The Balaban J connectivity index is 1.61. The number of hydrogen-bond donors (Lipinski definition) is 1. The van der Waals surface area contributed by atoms with Crippen molar-refractivity contribution in [3.05, 3.63) is 50.6 Å². The Labute approximate surface area is 127 Å². The van der Waals surface area contributed by atoms with E-state index in [1.165, 1.54) is 4.88 Å². The molecule has 2 rings (SSSR count). The second kappa shape index (κ2) is 7.75. The third-order valence-corrected chi connectivity index (χ3v) is 3.88. The second-order valence-corrected chi connectivity index (χ2v) is 5.94. The van der Waals surface area contributed by atoms with E-state index < -0.39 is 0 Å². The van der Waals surface area contributed by atoms with Gasteiger partial charge in [-0.25, -0.2) is 0 Å². The molecule has 0 saturated heterocycles. The highest BCUT2D eigenvalue weighted by Crippen LogP contribution is 2.23. The first-order valence-electron chi connectivity index (χ1n) is 6.06. The molecule has 0 radical (unpaired) electrons. The lowest BCUT2D eigenvalue weighted by Gasteiger charge is -2.08. The molecule has 1 heterocycles. The van der Waals surface area contributed by atoms with Gasteiger partial charge in [0, 0.05) is 28.0 Å². The van der Waals surface area contributed by atoms with Crippen LogP contribution in [0.25, 0.3) is 0 Å². The number of benzene rings is 1. The minimum Gasteiger partial charge on any atom is -0.492 e. The van der Waals surface area contributed by atoms with Crippen molar-refractivity contribution in [2.75, 3.05) is 19.7 Å². The Morgan fingerprint density at radius 3 is 2.58 bits per heavy atom. The lowest BCUT2D eigenvalue weighted by atomic mass is 10.3. The van der Waals surface area contributed by atoms with Crippen molar-refractivity contribution in [3.63, 3.8) is 0 Å². The molecule has 102 valence electrons. The standard InChI is InChI=1S/C14H15Cl2NOS/c15-11-8-12(16)10-13(9-11)18-6-5-17-4-3-14-2-1-7-19-14/h1-2,7-10,17H,3-6H2. The van der Waals surface area contributed by atoms with E-state index in [1.54, 1.807) is 29.5 Å². The Hall–Kier alpha value is -0.740. The van der Waals surface area contributed by atoms with Crippen molar-refractivity contribution in [3.8, 4) is 5.75 Å². The van der Waals surface area contributed by atoms with Crippen LogP contribution < -0.4 is 10.1 Å². The highest BCUT2D eigenvalue weighted by Gasteiger charge is 1.99. The van der Waals surface area contributed by atoms with Crippen LogP contribution in [0, 0.1) is 0 Å². The van der Waals surface area contributed by atoms with E-state index in [4.69, 9.17) is 27.9 Å². The number of thiophene rings is 1. The summed E-state index contributed by atoms with van der Waals surface area (Å²) in [6.07, 6.45) is 1.06. The van der Waals surface area contributed by atoms with Crippen molar-refractivity contribution in [2.24, 2.45) is 0 Å². The molecule has 2 aromatic rings. The minimum absolute atomic E-state index is 0.591. The fourth-order valence-electron chi connectivity index (χ4n) is 1.64. The van der Waals surface area contributed by atoms with Gasteiger partial charge in [-0.15, -0.1) is 11.3 Å². The molecule has 1 N–H and O–H groups in total. The zero-order valence-electron chi connectivity index (χ0n) is 10.4. The predicted octanol–water partition coefficient (Wildman–Crippen LogP) is 4.27. The maximum Gasteiger partial charge on any atom is 0.122 e. The Kier molecular flexibility index (Phi) is 5.98. The van der Waals surface area contributed by atoms with Gasteiger partial charge in [0.1, 0.15) is 12.4 Å². The summed E-state index contributed by atoms with van der Waals surface area (Å²) in [7, 11) is 0. The number of rotatable bonds is 7. The van der Waals surface area contributed by atoms with Crippen molar-refractivity contribution in [1.82, 2.24) is 5.32 Å². The fraction of sp³-hybridized carbons (Fsp3) is 0.286. The number of halogens is 2. The fourth-order valence-corrected chi connectivity index (χ4v) is 2.86. The molecule has 1 aromatic heterocycles. The Bertz CT molecular complexity index is 482. The van der Waals surface area contributed by atoms with Gasteiger partial charge >= 0.3 is 0 Å². The van der Waals surface area contributed by atoms with Gasteiger partial charge in [0.25, 0.3) is 0 Å². The van der Waals surface area contributed by atoms with E-state index in [9.17, 15) is 0 Å². The molecule has 0 aliphatic carbocycles. The SMILES string of the molecule is Clc1cc(Cl)cc(OCCNCCc2cccs2)c1. The van der Waals surface area contributed by atoms with E-state index in [0.717, 1.165) is 19.5 Å². The topological polar surface area (TPSA) is 21.3 Å². The molecule has 0 aliphatic heterocycles. The summed E-state index contributed by atoms with van der Waals surface area (Å²) < 4.78 is 5.58. The summed E-state index contributed by atoms with van der Waals surface area (Å²) in [4.78, 5) is 1.40. The third-order valence-electron chi connectivity index (χ3n) is 2.51. The van der Waals surface area contributed by atoms with E-state index in [0.29, 0.717) is 22.4 Å². The van der Waals surface area contributed by atoms with Gasteiger partial charge in [0.2, 0.25) is 0 Å². The van der Waals surface area contributed by atoms with Crippen LogP contribution in [0.4, 0.5) is 0 Å². The van der Waals surface area contributed by atoms with Gasteiger partial charge in [0.05, 0.1) is 0 Å². The molecule has 5 heteroatoms. The number of nitrogens with one attached hydrogen (secondary N) is 1. The van der Waals surface area contributed by atoms with Crippen molar-refractivity contribution in [2.45, 2.75) is 6.42 Å². The highest BCUT2D eigenvalue weighted by molar-refractivity contribution is 7.09. The summed E-state index contributed by atoms with van der Waals surface area (Å²) in [5.41, 5.74) is 0. The van der Waals surface area contributed by atoms with E-state index in [1.807, 2.05) is 0 Å². The largest absolute Gasteiger partial charge is 0.492 e. The van der Waals surface area contributed by atoms with Crippen LogP contribution in [0.5, 0.6) is 5.75 Å². The zero-order chi connectivity index (χ0) is 13.5. The van der Waals surface area contributed by atoms with Gasteiger partial charge in [-0.2, -0.15) is 0 Å². The Morgan fingerprint density at radius 2 is 1.89 bits per heavy atom. The van der Waals surface area contributed by atoms with Gasteiger partial charge in [0.15, 0.2) is 0 Å². The molecule has 0 unspecified atom stereocenters. The summed E-state index contributed by atoms with van der Waals surface area (Å²) in [5, 5.41) is 6.62. The van der Waals surface area contributed by atoms with Gasteiger partial charge in [-0.05, 0) is 36.1 Å². The normalized spacial score (nSPS) is 10.6. The molecule has 0 bridgehead atoms. The van der Waals surface area contributed by atoms with Crippen LogP contribution in [0.1, 0.15) is 4.88 Å². The molecular weight excluding hydrogens is 301 g/mol. The lowest BCUT2D eigenvalue weighted by Crippen LogP contribution is -2.23. The molecule has 1 aromatic carbocycles. The maximum absolute atomic E-state index is 5.89. The molecule has 2 nitrogen and oxygen atoms in total. The van der Waals surface area contributed by atoms with Gasteiger partial charge in [-0.3, -0.25) is 0 Å². The van der Waals surface area contributed by atoms with Crippen molar-refractivity contribution >= 4 is 34.5 Å². The number of hydrogen-bond acceptors (Lipinski definition) is 3. The molecule has 0 spiro atoms. The van der Waals surface area contributed by atoms with E-state index in [2.05, 4.69) is 22.8 Å². The molecule has 0 atom stereocenters. The summed E-state index contributed by atoms with van der Waals surface area (Å²) in [6, 6.07) is 9.44. The molecule has 0 amide bonds. The van der Waals surface area contributed by atoms with Crippen LogP contribution in [-0.2, 0) is 6.42 Å². The van der Waals surface area contributed by atoms with Gasteiger partial charge < -0.3 is 10.1 Å². The van der Waals surface area contributed by atoms with Crippen molar-refractivity contribution < 1.29 is 4.74 Å². The first-order chi connectivity index (χ1) is 9.24. The molecule has 19 heavy (non-hydrogen) atoms. The van der Waals surface area contributed by atoms with Crippen LogP contribution in [0.2, 0.25) is 10.0 Å². The van der Waals surface area contributed by atoms with Crippen LogP contribution in [0.15, 0.2) is 35.7 Å². The molecular formula is C14H15Cl2NOS. The number of ether oxygens (including phenoxy) is 1. The van der Waals surface area contributed by atoms with Crippen molar-refractivity contribution in [1.29, 1.82) is 0 Å². The average Bonchev–Trinajstić information content (AvgIpc) is 2.85. The Morgan fingerprint density at radius 1 is 1.11 bits per heavy atom. The average molecular weight is 316 g/mol. The van der Waals surface area contributed by atoms with E-state index >= 15 is 0 Å². The summed E-state index contributed by atoms with van der Waals surface area (Å²) >= 11 is 13.6. The quantitative estimate of drug-likeness (QED) is 0.770. The summed E-state index contributed by atoms with van der Waals surface area (Å²) in [5.74, 6) is 0.706. The first kappa shape index (κ1) is 14.7. The third kappa shape index (κ3) is 5.41. The smallest absolute Gasteiger partial charge is 0.122 e. The predicted molar refractivity (Wildman–Crippen MR) is 82.8 cm³/mol. The van der Waals surface area contributed by atoms with Crippen LogP contribution in [0.3, 0.4) is 0 Å². The maximum atomic E-state index is 5.89. The van der Waals surface area contributed by atoms with Crippen LogP contribution in [-0.4, -0.2) is 19.7 Å². The minimum atomic E-state index is 0.591. The van der Waals surface area contributed by atoms with E-state index in [-0.39, 0.29) is 0 Å². The second-order valence-electron chi connectivity index (χ2n) is 4.03. The summed E-state index contributed by atoms with van der Waals surface area (Å²) in [6.45, 7) is 2.36. The highest BCUT2D eigenvalue weighted by atomic mass is 35.5. The molecule has 0 saturated carbocycles. The molecule has 0 aliphatic rings.